The quantitative estimate of drug-likeness (QED) is 0.852. The fourth-order valence-electron chi connectivity index (χ4n) is 2.34. The van der Waals surface area contributed by atoms with Crippen LogP contribution in [0.25, 0.3) is 10.9 Å². The van der Waals surface area contributed by atoms with Crippen LogP contribution in [0.2, 0.25) is 0 Å². The first-order valence-electron chi connectivity index (χ1n) is 6.00. The van der Waals surface area contributed by atoms with Crippen molar-refractivity contribution < 1.29 is 0 Å². The van der Waals surface area contributed by atoms with Crippen LogP contribution in [0.1, 0.15) is 45.7 Å². The third-order valence-electron chi connectivity index (χ3n) is 3.54. The number of hydrogen-bond acceptors (Lipinski definition) is 2. The molecule has 2 aromatic heterocycles. The fraction of sp³-hybridized carbons (Fsp3) is 0.538. The molecule has 3 nitrogen and oxygen atoms in total. The van der Waals surface area contributed by atoms with Crippen LogP contribution in [-0.2, 0) is 5.41 Å². The van der Waals surface area contributed by atoms with Gasteiger partial charge in [0.1, 0.15) is 0 Å². The van der Waals surface area contributed by atoms with Crippen molar-refractivity contribution in [2.75, 3.05) is 0 Å². The molecule has 0 bridgehead atoms. The Morgan fingerprint density at radius 3 is 2.88 bits per heavy atom. The maximum absolute atomic E-state index is 4.35. The maximum Gasteiger partial charge on any atom is 0.0954 e. The summed E-state index contributed by atoms with van der Waals surface area (Å²) in [6.07, 6.45) is 7.18. The molecule has 2 rings (SSSR count). The van der Waals surface area contributed by atoms with Crippen molar-refractivity contribution in [3.63, 3.8) is 0 Å². The second-order valence-corrected chi connectivity index (χ2v) is 4.66. The molecule has 1 N–H and O–H groups in total. The monoisotopic (exact) mass is 217 g/mol. The van der Waals surface area contributed by atoms with Crippen molar-refractivity contribution in [1.29, 1.82) is 0 Å². The Morgan fingerprint density at radius 2 is 2.19 bits per heavy atom. The Bertz CT molecular complexity index is 475. The van der Waals surface area contributed by atoms with Gasteiger partial charge in [-0.1, -0.05) is 27.2 Å². The van der Waals surface area contributed by atoms with Crippen LogP contribution in [0.3, 0.4) is 0 Å². The van der Waals surface area contributed by atoms with E-state index in [4.69, 9.17) is 0 Å². The van der Waals surface area contributed by atoms with E-state index in [-0.39, 0.29) is 5.41 Å². The molecule has 16 heavy (non-hydrogen) atoms. The summed E-state index contributed by atoms with van der Waals surface area (Å²) in [5.41, 5.74) is 2.44. The first-order chi connectivity index (χ1) is 7.71. The molecule has 0 aliphatic carbocycles. The Labute approximate surface area is 96.3 Å². The van der Waals surface area contributed by atoms with Crippen LogP contribution < -0.4 is 0 Å². The lowest BCUT2D eigenvalue weighted by Gasteiger charge is -2.26. The second kappa shape index (κ2) is 4.24. The average molecular weight is 217 g/mol. The molecule has 0 amide bonds. The summed E-state index contributed by atoms with van der Waals surface area (Å²) in [4.78, 5) is 4.19. The number of nitrogens with one attached hydrogen (secondary N) is 1. The zero-order chi connectivity index (χ0) is 11.6. The van der Waals surface area contributed by atoms with Crippen molar-refractivity contribution in [1.82, 2.24) is 15.2 Å². The highest BCUT2D eigenvalue weighted by molar-refractivity contribution is 5.81. The first kappa shape index (κ1) is 11.1. The van der Waals surface area contributed by atoms with E-state index in [2.05, 4.69) is 36.0 Å². The largest absolute Gasteiger partial charge is 0.281 e. The van der Waals surface area contributed by atoms with Crippen molar-refractivity contribution in [3.8, 4) is 0 Å². The Hall–Kier alpha value is -1.38. The molecule has 0 radical (unpaired) electrons. The zero-order valence-electron chi connectivity index (χ0n) is 10.2. The van der Waals surface area contributed by atoms with Gasteiger partial charge in [0.2, 0.25) is 0 Å². The molecule has 0 saturated carbocycles. The summed E-state index contributed by atoms with van der Waals surface area (Å²) < 4.78 is 0. The van der Waals surface area contributed by atoms with Crippen LogP contribution >= 0.6 is 0 Å². The van der Waals surface area contributed by atoms with Gasteiger partial charge in [0.05, 0.1) is 11.2 Å². The third kappa shape index (κ3) is 1.70. The van der Waals surface area contributed by atoms with Gasteiger partial charge >= 0.3 is 0 Å². The number of hydrogen-bond donors (Lipinski definition) is 1. The minimum atomic E-state index is 0.187. The average Bonchev–Trinajstić information content (AvgIpc) is 2.73. The minimum absolute atomic E-state index is 0.187. The lowest BCUT2D eigenvalue weighted by atomic mass is 9.79. The smallest absolute Gasteiger partial charge is 0.0954 e. The molecule has 2 aromatic rings. The molecule has 2 heterocycles. The lowest BCUT2D eigenvalue weighted by Crippen LogP contribution is -2.21. The predicted octanol–water partition coefficient (Wildman–Crippen LogP) is 3.43. The summed E-state index contributed by atoms with van der Waals surface area (Å²) in [7, 11) is 0. The lowest BCUT2D eigenvalue weighted by molar-refractivity contribution is 0.404. The Morgan fingerprint density at radius 1 is 1.38 bits per heavy atom. The van der Waals surface area contributed by atoms with Crippen molar-refractivity contribution in [3.05, 3.63) is 24.2 Å². The molecular weight excluding hydrogens is 198 g/mol. The van der Waals surface area contributed by atoms with Crippen LogP contribution in [-0.4, -0.2) is 15.2 Å². The number of H-pyrrole nitrogens is 1. The van der Waals surface area contributed by atoms with E-state index in [1.807, 2.05) is 12.3 Å². The summed E-state index contributed by atoms with van der Waals surface area (Å²) in [5.74, 6) is 0. The molecule has 3 heteroatoms. The van der Waals surface area contributed by atoms with Crippen molar-refractivity contribution >= 4 is 10.9 Å². The second-order valence-electron chi connectivity index (χ2n) is 4.66. The van der Waals surface area contributed by atoms with Crippen molar-refractivity contribution in [2.24, 2.45) is 0 Å². The summed E-state index contributed by atoms with van der Waals surface area (Å²) in [6, 6.07) is 1.96. The van der Waals surface area contributed by atoms with Crippen LogP contribution in [0.15, 0.2) is 18.5 Å². The van der Waals surface area contributed by atoms with Crippen molar-refractivity contribution in [2.45, 2.75) is 45.4 Å². The third-order valence-corrected chi connectivity index (χ3v) is 3.54. The normalized spacial score (nSPS) is 15.2. The number of fused-ring (bicyclic) bond motifs is 1. The molecule has 0 spiro atoms. The number of aromatic nitrogens is 3. The highest BCUT2D eigenvalue weighted by Gasteiger charge is 2.27. The van der Waals surface area contributed by atoms with Gasteiger partial charge in [-0.15, -0.1) is 0 Å². The van der Waals surface area contributed by atoms with Crippen LogP contribution in [0, 0.1) is 0 Å². The molecule has 86 valence electrons. The Kier molecular flexibility index (Phi) is 2.95. The van der Waals surface area contributed by atoms with Crippen LogP contribution in [0.5, 0.6) is 0 Å². The summed E-state index contributed by atoms with van der Waals surface area (Å²) in [5, 5.41) is 8.72. The van der Waals surface area contributed by atoms with E-state index in [1.54, 1.807) is 6.20 Å². The van der Waals surface area contributed by atoms with Gasteiger partial charge in [0.25, 0.3) is 0 Å². The fourth-order valence-corrected chi connectivity index (χ4v) is 2.34. The van der Waals surface area contributed by atoms with Gasteiger partial charge < -0.3 is 0 Å². The van der Waals surface area contributed by atoms with E-state index in [9.17, 15) is 0 Å². The SMILES string of the molecule is CCCC(C)(CC)c1[nH]nc2ccncc12. The maximum atomic E-state index is 4.35. The highest BCUT2D eigenvalue weighted by atomic mass is 15.1. The van der Waals surface area contributed by atoms with Crippen LogP contribution in [0.4, 0.5) is 0 Å². The van der Waals surface area contributed by atoms with Gasteiger partial charge in [0.15, 0.2) is 0 Å². The first-order valence-corrected chi connectivity index (χ1v) is 6.00. The predicted molar refractivity (Wildman–Crippen MR) is 66.4 cm³/mol. The van der Waals surface area contributed by atoms with E-state index in [0.717, 1.165) is 11.9 Å². The molecule has 0 aliphatic heterocycles. The number of nitrogens with zero attached hydrogens (tertiary/aromatic N) is 2. The van der Waals surface area contributed by atoms with Gasteiger partial charge in [0, 0.05) is 23.2 Å². The molecule has 1 unspecified atom stereocenters. The van der Waals surface area contributed by atoms with Gasteiger partial charge in [-0.2, -0.15) is 5.10 Å². The van der Waals surface area contributed by atoms with Gasteiger partial charge in [-0.05, 0) is 18.9 Å². The molecule has 1 atom stereocenters. The number of aromatic amines is 1. The summed E-state index contributed by atoms with van der Waals surface area (Å²) >= 11 is 0. The summed E-state index contributed by atoms with van der Waals surface area (Å²) in [6.45, 7) is 6.76. The minimum Gasteiger partial charge on any atom is -0.281 e. The molecule has 0 saturated heterocycles. The van der Waals surface area contributed by atoms with Gasteiger partial charge in [-0.25, -0.2) is 0 Å². The number of rotatable bonds is 4. The van der Waals surface area contributed by atoms with E-state index in [0.29, 0.717) is 0 Å². The highest BCUT2D eigenvalue weighted by Crippen LogP contribution is 2.34. The molecule has 0 aliphatic rings. The van der Waals surface area contributed by atoms with E-state index >= 15 is 0 Å². The zero-order valence-corrected chi connectivity index (χ0v) is 10.2. The standard InChI is InChI=1S/C13H19N3/c1-4-7-13(3,5-2)12-10-9-14-8-6-11(10)15-16-12/h6,8-9H,4-5,7H2,1-3H3,(H,15,16). The van der Waals surface area contributed by atoms with E-state index in [1.165, 1.54) is 23.9 Å². The molecule has 0 fully saturated rings. The molecular formula is C13H19N3. The van der Waals surface area contributed by atoms with E-state index < -0.39 is 0 Å². The number of pyridine rings is 1. The Balaban J connectivity index is 2.53. The topological polar surface area (TPSA) is 41.6 Å². The van der Waals surface area contributed by atoms with Gasteiger partial charge in [-0.3, -0.25) is 10.1 Å². The molecule has 0 aromatic carbocycles.